The van der Waals surface area contributed by atoms with Crippen molar-refractivity contribution in [2.45, 2.75) is 26.8 Å². The van der Waals surface area contributed by atoms with Crippen molar-refractivity contribution in [3.63, 3.8) is 0 Å². The van der Waals surface area contributed by atoms with E-state index in [-0.39, 0.29) is 18.3 Å². The number of carbonyl (C=O) groups is 1. The number of hydrogen-bond acceptors (Lipinski definition) is 4. The molecule has 160 valence electrons. The number of benzene rings is 2. The van der Waals surface area contributed by atoms with E-state index in [0.29, 0.717) is 6.54 Å². The first-order chi connectivity index (χ1) is 14.6. The molecule has 2 heterocycles. The molecule has 0 saturated carbocycles. The number of carbonyl (C=O) groups excluding carboxylic acids is 1. The molecule has 5 nitrogen and oxygen atoms in total. The van der Waals surface area contributed by atoms with E-state index in [4.69, 9.17) is 4.98 Å². The lowest BCUT2D eigenvalue weighted by Gasteiger charge is -2.18. The van der Waals surface area contributed by atoms with Gasteiger partial charge in [-0.15, -0.1) is 12.4 Å². The summed E-state index contributed by atoms with van der Waals surface area (Å²) in [7, 11) is 0. The number of thiazole rings is 1. The van der Waals surface area contributed by atoms with Crippen molar-refractivity contribution in [2.75, 3.05) is 11.4 Å². The van der Waals surface area contributed by atoms with Gasteiger partial charge in [0.25, 0.3) is 5.91 Å². The molecule has 1 amide bonds. The predicted octanol–water partition coefficient (Wildman–Crippen LogP) is 5.67. The Morgan fingerprint density at radius 2 is 2.00 bits per heavy atom. The summed E-state index contributed by atoms with van der Waals surface area (Å²) >= 11 is 1.58. The maximum absolute atomic E-state index is 13.1. The van der Waals surface area contributed by atoms with Crippen LogP contribution in [0.1, 0.15) is 23.1 Å². The molecule has 0 aliphatic rings. The number of fused-ring (bicyclic) bond motifs is 1. The highest BCUT2D eigenvalue weighted by Crippen LogP contribution is 2.32. The molecule has 4 rings (SSSR count). The van der Waals surface area contributed by atoms with Crippen molar-refractivity contribution in [1.29, 1.82) is 0 Å². The van der Waals surface area contributed by atoms with E-state index < -0.39 is 0 Å². The van der Waals surface area contributed by atoms with Gasteiger partial charge in [0.1, 0.15) is 0 Å². The molecule has 7 heteroatoms. The van der Waals surface area contributed by atoms with Crippen LogP contribution in [0, 0.1) is 13.8 Å². The first-order valence-corrected chi connectivity index (χ1v) is 10.8. The molecule has 0 bridgehead atoms. The largest absolute Gasteiger partial charge is 0.337 e. The number of hydrogen-bond donors (Lipinski definition) is 0. The van der Waals surface area contributed by atoms with Gasteiger partial charge in [0.05, 0.1) is 16.5 Å². The fourth-order valence-electron chi connectivity index (χ4n) is 3.43. The molecule has 0 aliphatic carbocycles. The highest BCUT2D eigenvalue weighted by molar-refractivity contribution is 7.22. The summed E-state index contributed by atoms with van der Waals surface area (Å²) < 4.78 is 3.16. The normalized spacial score (nSPS) is 11.0. The average molecular weight is 453 g/mol. The molecule has 0 fully saturated rings. The third-order valence-corrected chi connectivity index (χ3v) is 6.11. The monoisotopic (exact) mass is 452 g/mol. The van der Waals surface area contributed by atoms with Crippen molar-refractivity contribution >= 4 is 51.1 Å². The molecule has 4 aromatic rings. The fraction of sp³-hybridized carbons (Fsp3) is 0.208. The van der Waals surface area contributed by atoms with Crippen LogP contribution in [0.25, 0.3) is 16.3 Å². The number of aromatic nitrogens is 3. The number of rotatable bonds is 7. The maximum Gasteiger partial charge on any atom is 0.252 e. The van der Waals surface area contributed by atoms with Gasteiger partial charge in [-0.1, -0.05) is 47.7 Å². The third kappa shape index (κ3) is 5.60. The summed E-state index contributed by atoms with van der Waals surface area (Å²) in [6.45, 7) is 5.56. The van der Waals surface area contributed by atoms with E-state index in [1.165, 1.54) is 11.1 Å². The predicted molar refractivity (Wildman–Crippen MR) is 131 cm³/mol. The Labute approximate surface area is 192 Å². The van der Waals surface area contributed by atoms with Crippen molar-refractivity contribution in [2.24, 2.45) is 0 Å². The van der Waals surface area contributed by atoms with E-state index in [1.54, 1.807) is 34.8 Å². The van der Waals surface area contributed by atoms with Crippen molar-refractivity contribution in [1.82, 2.24) is 14.5 Å². The van der Waals surface area contributed by atoms with Gasteiger partial charge in [-0.2, -0.15) is 0 Å². The van der Waals surface area contributed by atoms with E-state index in [9.17, 15) is 4.79 Å². The van der Waals surface area contributed by atoms with E-state index in [2.05, 4.69) is 31.0 Å². The topological polar surface area (TPSA) is 51.0 Å². The number of amides is 1. The Morgan fingerprint density at radius 1 is 1.19 bits per heavy atom. The Kier molecular flexibility index (Phi) is 7.60. The van der Waals surface area contributed by atoms with Gasteiger partial charge < -0.3 is 4.57 Å². The molecule has 0 atom stereocenters. The van der Waals surface area contributed by atoms with Gasteiger partial charge >= 0.3 is 0 Å². The van der Waals surface area contributed by atoms with Gasteiger partial charge in [0, 0.05) is 31.6 Å². The number of imidazole rings is 1. The minimum absolute atomic E-state index is 0. The zero-order chi connectivity index (χ0) is 20.9. The lowest BCUT2D eigenvalue weighted by atomic mass is 10.1. The van der Waals surface area contributed by atoms with Crippen LogP contribution in [0.5, 0.6) is 0 Å². The molecule has 0 radical (unpaired) electrons. The van der Waals surface area contributed by atoms with Crippen LogP contribution in [-0.4, -0.2) is 27.0 Å². The first kappa shape index (κ1) is 22.7. The number of nitrogens with zero attached hydrogens (tertiary/aromatic N) is 4. The summed E-state index contributed by atoms with van der Waals surface area (Å²) in [5.41, 5.74) is 4.32. The quantitative estimate of drug-likeness (QED) is 0.339. The number of halogens is 1. The van der Waals surface area contributed by atoms with Crippen LogP contribution in [0.3, 0.4) is 0 Å². The second kappa shape index (κ2) is 10.4. The lowest BCUT2D eigenvalue weighted by molar-refractivity contribution is -0.114. The van der Waals surface area contributed by atoms with Crippen molar-refractivity contribution in [3.8, 4) is 0 Å². The molecule has 31 heavy (non-hydrogen) atoms. The summed E-state index contributed by atoms with van der Waals surface area (Å²) in [4.78, 5) is 23.8. The van der Waals surface area contributed by atoms with Crippen LogP contribution in [-0.2, 0) is 11.3 Å². The van der Waals surface area contributed by atoms with Gasteiger partial charge in [-0.25, -0.2) is 9.97 Å². The Balaban J connectivity index is 0.00000272. The Bertz CT molecular complexity index is 1170. The SMILES string of the molecule is Cc1cc(C)c2sc(N(CCCn3ccnc3)C(=O)/C=C/c3ccccc3)nc2c1.Cl. The van der Waals surface area contributed by atoms with Gasteiger partial charge in [-0.05, 0) is 49.1 Å². The Morgan fingerprint density at radius 3 is 2.74 bits per heavy atom. The summed E-state index contributed by atoms with van der Waals surface area (Å²) in [5.74, 6) is -0.0575. The smallest absolute Gasteiger partial charge is 0.252 e. The number of anilines is 1. The van der Waals surface area contributed by atoms with Crippen LogP contribution in [0.2, 0.25) is 0 Å². The molecule has 0 N–H and O–H groups in total. The lowest BCUT2D eigenvalue weighted by Crippen LogP contribution is -2.30. The van der Waals surface area contributed by atoms with Gasteiger partial charge in [0.2, 0.25) is 0 Å². The summed E-state index contributed by atoms with van der Waals surface area (Å²) in [6.07, 6.45) is 9.81. The number of aryl methyl sites for hydroxylation is 3. The molecular weight excluding hydrogens is 428 g/mol. The van der Waals surface area contributed by atoms with E-state index in [0.717, 1.165) is 33.9 Å². The highest BCUT2D eigenvalue weighted by atomic mass is 35.5. The minimum Gasteiger partial charge on any atom is -0.337 e. The zero-order valence-corrected chi connectivity index (χ0v) is 19.2. The van der Waals surface area contributed by atoms with Crippen LogP contribution >= 0.6 is 23.7 Å². The summed E-state index contributed by atoms with van der Waals surface area (Å²) in [6, 6.07) is 14.1. The third-order valence-electron chi connectivity index (χ3n) is 4.88. The van der Waals surface area contributed by atoms with E-state index >= 15 is 0 Å². The van der Waals surface area contributed by atoms with Gasteiger partial charge in [-0.3, -0.25) is 9.69 Å². The molecule has 0 aliphatic heterocycles. The minimum atomic E-state index is -0.0575. The van der Waals surface area contributed by atoms with Crippen LogP contribution < -0.4 is 4.90 Å². The zero-order valence-electron chi connectivity index (χ0n) is 17.6. The highest BCUT2D eigenvalue weighted by Gasteiger charge is 2.18. The second-order valence-corrected chi connectivity index (χ2v) is 8.29. The molecule has 0 saturated heterocycles. The average Bonchev–Trinajstić information content (AvgIpc) is 3.40. The van der Waals surface area contributed by atoms with Gasteiger partial charge in [0.15, 0.2) is 5.13 Å². The second-order valence-electron chi connectivity index (χ2n) is 7.31. The Hall–Kier alpha value is -2.96. The van der Waals surface area contributed by atoms with E-state index in [1.807, 2.05) is 47.2 Å². The first-order valence-electron chi connectivity index (χ1n) is 9.98. The van der Waals surface area contributed by atoms with Crippen LogP contribution in [0.15, 0.2) is 67.3 Å². The fourth-order valence-corrected chi connectivity index (χ4v) is 4.48. The summed E-state index contributed by atoms with van der Waals surface area (Å²) in [5, 5.41) is 0.743. The molecule has 2 aromatic heterocycles. The maximum atomic E-state index is 13.1. The molecule has 0 spiro atoms. The molecule has 2 aromatic carbocycles. The standard InChI is InChI=1S/C24H24N4OS.ClH/c1-18-15-19(2)23-21(16-18)26-24(30-23)28(13-6-12-27-14-11-25-17-27)22(29)10-9-20-7-4-3-5-8-20;/h3-5,7-11,14-17H,6,12-13H2,1-2H3;1H/b10-9+;. The molecular formula is C24H25ClN4OS. The molecule has 0 unspecified atom stereocenters. The van der Waals surface area contributed by atoms with Crippen molar-refractivity contribution < 1.29 is 4.79 Å². The van der Waals surface area contributed by atoms with Crippen molar-refractivity contribution in [3.05, 3.63) is 84.0 Å². The van der Waals surface area contributed by atoms with Crippen LogP contribution in [0.4, 0.5) is 5.13 Å².